The van der Waals surface area contributed by atoms with Gasteiger partial charge in [-0.3, -0.25) is 10.1 Å². The molecule has 0 spiro atoms. The van der Waals surface area contributed by atoms with Crippen LogP contribution >= 0.6 is 0 Å². The van der Waals surface area contributed by atoms with E-state index in [-0.39, 0.29) is 16.5 Å². The molecule has 1 saturated heterocycles. The highest BCUT2D eigenvalue weighted by atomic mass is 32.2. The van der Waals surface area contributed by atoms with E-state index in [1.807, 2.05) is 18.2 Å². The van der Waals surface area contributed by atoms with E-state index in [4.69, 9.17) is 13.9 Å². The van der Waals surface area contributed by atoms with Gasteiger partial charge in [-0.05, 0) is 54.8 Å². The van der Waals surface area contributed by atoms with Crippen molar-refractivity contribution in [2.24, 2.45) is 0 Å². The van der Waals surface area contributed by atoms with Crippen molar-refractivity contribution in [3.8, 4) is 11.5 Å². The Morgan fingerprint density at radius 1 is 0.941 bits per heavy atom. The Bertz CT molecular complexity index is 1280. The van der Waals surface area contributed by atoms with Crippen LogP contribution < -0.4 is 14.8 Å². The SMILES string of the molecule is O=C(Nc1nnc(Cc2ccc3c(c2)OCCO3)o1)c1ccc(S(=O)(=O)N2CCCCC2)cc1. The largest absolute Gasteiger partial charge is 0.486 e. The first-order chi connectivity index (χ1) is 16.5. The Balaban J connectivity index is 1.22. The zero-order chi connectivity index (χ0) is 23.5. The molecule has 2 aliphatic rings. The van der Waals surface area contributed by atoms with Gasteiger partial charge in [0.05, 0.1) is 11.3 Å². The highest BCUT2D eigenvalue weighted by Gasteiger charge is 2.26. The fraction of sp³-hybridized carbons (Fsp3) is 0.348. The second-order valence-corrected chi connectivity index (χ2v) is 10.0. The molecule has 10 nitrogen and oxygen atoms in total. The molecule has 0 radical (unpaired) electrons. The van der Waals surface area contributed by atoms with E-state index in [9.17, 15) is 13.2 Å². The Labute approximate surface area is 196 Å². The van der Waals surface area contributed by atoms with Gasteiger partial charge in [0, 0.05) is 18.7 Å². The monoisotopic (exact) mass is 484 g/mol. The Morgan fingerprint density at radius 2 is 1.68 bits per heavy atom. The van der Waals surface area contributed by atoms with Crippen molar-refractivity contribution in [3.05, 3.63) is 59.5 Å². The number of carbonyl (C=O) groups excluding carboxylic acids is 1. The molecule has 11 heteroatoms. The molecule has 5 rings (SSSR count). The van der Waals surface area contributed by atoms with E-state index in [1.165, 1.54) is 28.6 Å². The first-order valence-corrected chi connectivity index (χ1v) is 12.6. The highest BCUT2D eigenvalue weighted by Crippen LogP contribution is 2.31. The molecule has 178 valence electrons. The normalized spacial score (nSPS) is 16.2. The van der Waals surface area contributed by atoms with Crippen LogP contribution in [0, 0.1) is 0 Å². The van der Waals surface area contributed by atoms with Gasteiger partial charge in [0.1, 0.15) is 13.2 Å². The van der Waals surface area contributed by atoms with Crippen molar-refractivity contribution >= 4 is 21.9 Å². The van der Waals surface area contributed by atoms with Gasteiger partial charge >= 0.3 is 6.01 Å². The summed E-state index contributed by atoms with van der Waals surface area (Å²) in [4.78, 5) is 12.7. The molecule has 0 saturated carbocycles. The minimum Gasteiger partial charge on any atom is -0.486 e. The lowest BCUT2D eigenvalue weighted by Gasteiger charge is -2.25. The van der Waals surface area contributed by atoms with Crippen LogP contribution in [-0.4, -0.2) is 55.1 Å². The molecule has 3 aromatic rings. The molecule has 3 heterocycles. The van der Waals surface area contributed by atoms with Gasteiger partial charge in [-0.25, -0.2) is 8.42 Å². The lowest BCUT2D eigenvalue weighted by atomic mass is 10.1. The van der Waals surface area contributed by atoms with Crippen molar-refractivity contribution in [3.63, 3.8) is 0 Å². The molecule has 0 aliphatic carbocycles. The summed E-state index contributed by atoms with van der Waals surface area (Å²) in [5, 5.41) is 10.4. The van der Waals surface area contributed by atoms with Gasteiger partial charge < -0.3 is 13.9 Å². The van der Waals surface area contributed by atoms with E-state index < -0.39 is 15.9 Å². The maximum absolute atomic E-state index is 12.8. The van der Waals surface area contributed by atoms with E-state index in [1.54, 1.807) is 0 Å². The summed E-state index contributed by atoms with van der Waals surface area (Å²) in [6.45, 7) is 2.07. The number of benzene rings is 2. The van der Waals surface area contributed by atoms with Crippen molar-refractivity contribution < 1.29 is 27.1 Å². The maximum Gasteiger partial charge on any atom is 0.322 e. The average Bonchev–Trinajstić information content (AvgIpc) is 3.31. The zero-order valence-electron chi connectivity index (χ0n) is 18.4. The van der Waals surface area contributed by atoms with Crippen LogP contribution in [0.25, 0.3) is 0 Å². The van der Waals surface area contributed by atoms with Crippen LogP contribution in [0.15, 0.2) is 51.8 Å². The quantitative estimate of drug-likeness (QED) is 0.566. The second kappa shape index (κ2) is 9.43. The Hall–Kier alpha value is -3.44. The minimum absolute atomic E-state index is 0.0393. The molecular weight excluding hydrogens is 460 g/mol. The molecule has 2 aromatic carbocycles. The van der Waals surface area contributed by atoms with Gasteiger partial charge in [0.25, 0.3) is 5.91 Å². The second-order valence-electron chi connectivity index (χ2n) is 8.10. The third-order valence-electron chi connectivity index (χ3n) is 5.72. The third-order valence-corrected chi connectivity index (χ3v) is 7.63. The highest BCUT2D eigenvalue weighted by molar-refractivity contribution is 7.89. The molecule has 1 aromatic heterocycles. The number of hydrogen-bond donors (Lipinski definition) is 1. The Morgan fingerprint density at radius 3 is 2.44 bits per heavy atom. The number of ether oxygens (including phenoxy) is 2. The lowest BCUT2D eigenvalue weighted by molar-refractivity contribution is 0.102. The van der Waals surface area contributed by atoms with Crippen molar-refractivity contribution in [1.29, 1.82) is 0 Å². The lowest BCUT2D eigenvalue weighted by Crippen LogP contribution is -2.35. The number of piperidine rings is 1. The number of anilines is 1. The number of sulfonamides is 1. The van der Waals surface area contributed by atoms with Gasteiger partial charge in [-0.15, -0.1) is 5.10 Å². The zero-order valence-corrected chi connectivity index (χ0v) is 19.2. The number of fused-ring (bicyclic) bond motifs is 1. The van der Waals surface area contributed by atoms with Gasteiger partial charge in [-0.1, -0.05) is 17.6 Å². The molecule has 1 N–H and O–H groups in total. The smallest absolute Gasteiger partial charge is 0.322 e. The summed E-state index contributed by atoms with van der Waals surface area (Å²) in [6, 6.07) is 11.4. The van der Waals surface area contributed by atoms with E-state index in [2.05, 4.69) is 15.5 Å². The molecule has 0 atom stereocenters. The van der Waals surface area contributed by atoms with Crippen LogP contribution in [0.5, 0.6) is 11.5 Å². The number of amides is 1. The fourth-order valence-electron chi connectivity index (χ4n) is 3.95. The average molecular weight is 485 g/mol. The van der Waals surface area contributed by atoms with Crippen LogP contribution in [0.1, 0.15) is 41.1 Å². The molecular formula is C23H24N4O6S. The van der Waals surface area contributed by atoms with Gasteiger partial charge in [-0.2, -0.15) is 4.31 Å². The van der Waals surface area contributed by atoms with Crippen LogP contribution in [0.4, 0.5) is 6.01 Å². The van der Waals surface area contributed by atoms with Crippen LogP contribution in [0.3, 0.4) is 0 Å². The number of hydrogen-bond acceptors (Lipinski definition) is 8. The first-order valence-electron chi connectivity index (χ1n) is 11.1. The first kappa shape index (κ1) is 22.4. The predicted octanol–water partition coefficient (Wildman–Crippen LogP) is 2.86. The number of rotatable bonds is 6. The summed E-state index contributed by atoms with van der Waals surface area (Å²) in [7, 11) is -3.55. The van der Waals surface area contributed by atoms with Crippen molar-refractivity contribution in [1.82, 2.24) is 14.5 Å². The predicted molar refractivity (Wildman–Crippen MR) is 122 cm³/mol. The van der Waals surface area contributed by atoms with Crippen LogP contribution in [-0.2, 0) is 16.4 Å². The molecule has 1 fully saturated rings. The summed E-state index contributed by atoms with van der Waals surface area (Å²) in [5.41, 5.74) is 1.18. The van der Waals surface area contributed by atoms with Gasteiger partial charge in [0.2, 0.25) is 15.9 Å². The minimum atomic E-state index is -3.55. The van der Waals surface area contributed by atoms with Crippen molar-refractivity contribution in [2.45, 2.75) is 30.6 Å². The molecule has 0 bridgehead atoms. The summed E-state index contributed by atoms with van der Waals surface area (Å²) >= 11 is 0. The fourth-order valence-corrected chi connectivity index (χ4v) is 5.47. The topological polar surface area (TPSA) is 124 Å². The Kier molecular flexibility index (Phi) is 6.20. The third kappa shape index (κ3) is 4.75. The summed E-state index contributed by atoms with van der Waals surface area (Å²) in [6.07, 6.45) is 3.13. The van der Waals surface area contributed by atoms with Crippen LogP contribution in [0.2, 0.25) is 0 Å². The molecule has 1 amide bonds. The summed E-state index contributed by atoms with van der Waals surface area (Å²) < 4.78 is 43.7. The van der Waals surface area contributed by atoms with Gasteiger partial charge in [0.15, 0.2) is 11.5 Å². The number of aromatic nitrogens is 2. The number of nitrogens with one attached hydrogen (secondary N) is 1. The van der Waals surface area contributed by atoms with E-state index in [0.29, 0.717) is 50.1 Å². The number of carbonyl (C=O) groups is 1. The standard InChI is InChI=1S/C23H24N4O6S/c28-22(17-5-7-18(8-6-17)34(29,30)27-10-2-1-3-11-27)24-23-26-25-21(33-23)15-16-4-9-19-20(14-16)32-13-12-31-19/h4-9,14H,1-3,10-13,15H2,(H,24,26,28). The summed E-state index contributed by atoms with van der Waals surface area (Å²) in [5.74, 6) is 1.22. The molecule has 34 heavy (non-hydrogen) atoms. The van der Waals surface area contributed by atoms with E-state index in [0.717, 1.165) is 24.8 Å². The maximum atomic E-state index is 12.8. The van der Waals surface area contributed by atoms with Crippen molar-refractivity contribution in [2.75, 3.05) is 31.6 Å². The molecule has 0 unspecified atom stereocenters. The molecule has 2 aliphatic heterocycles. The van der Waals surface area contributed by atoms with E-state index >= 15 is 0 Å². The number of nitrogens with zero attached hydrogens (tertiary/aromatic N) is 3.